The Morgan fingerprint density at radius 3 is 2.83 bits per heavy atom. The fourth-order valence-corrected chi connectivity index (χ4v) is 3.32. The SMILES string of the molecule is Cn1ncc(Cl)c1C(O)c1cc2ccccc2s1. The fraction of sp³-hybridized carbons (Fsp3) is 0.154. The molecule has 0 spiro atoms. The van der Waals surface area contributed by atoms with Gasteiger partial charge in [-0.05, 0) is 17.5 Å². The van der Waals surface area contributed by atoms with Crippen molar-refractivity contribution in [1.29, 1.82) is 0 Å². The van der Waals surface area contributed by atoms with Gasteiger partial charge < -0.3 is 5.11 Å². The zero-order valence-electron chi connectivity index (χ0n) is 9.67. The van der Waals surface area contributed by atoms with Gasteiger partial charge in [-0.3, -0.25) is 4.68 Å². The molecule has 0 saturated carbocycles. The smallest absolute Gasteiger partial charge is 0.131 e. The van der Waals surface area contributed by atoms with Gasteiger partial charge in [0.25, 0.3) is 0 Å². The van der Waals surface area contributed by atoms with E-state index in [0.717, 1.165) is 15.0 Å². The van der Waals surface area contributed by atoms with Crippen molar-refractivity contribution in [2.45, 2.75) is 6.10 Å². The fourth-order valence-electron chi connectivity index (χ4n) is 2.00. The third-order valence-corrected chi connectivity index (χ3v) is 4.37. The number of rotatable bonds is 2. The van der Waals surface area contributed by atoms with E-state index in [-0.39, 0.29) is 0 Å². The first-order chi connectivity index (χ1) is 8.66. The van der Waals surface area contributed by atoms with Crippen LogP contribution in [-0.4, -0.2) is 14.9 Å². The zero-order valence-corrected chi connectivity index (χ0v) is 11.2. The Kier molecular flexibility index (Phi) is 2.86. The van der Waals surface area contributed by atoms with E-state index in [2.05, 4.69) is 5.10 Å². The lowest BCUT2D eigenvalue weighted by Gasteiger charge is -2.09. The highest BCUT2D eigenvalue weighted by Crippen LogP contribution is 2.35. The highest BCUT2D eigenvalue weighted by atomic mass is 35.5. The van der Waals surface area contributed by atoms with Crippen LogP contribution in [-0.2, 0) is 7.05 Å². The number of hydrogen-bond donors (Lipinski definition) is 1. The number of aromatic nitrogens is 2. The lowest BCUT2D eigenvalue weighted by Crippen LogP contribution is -2.05. The topological polar surface area (TPSA) is 38.0 Å². The molecule has 1 N–H and O–H groups in total. The molecule has 3 rings (SSSR count). The van der Waals surface area contributed by atoms with Gasteiger partial charge in [-0.25, -0.2) is 0 Å². The number of hydrogen-bond acceptors (Lipinski definition) is 3. The first-order valence-corrected chi connectivity index (χ1v) is 6.70. The van der Waals surface area contributed by atoms with E-state index in [4.69, 9.17) is 11.6 Å². The normalized spacial score (nSPS) is 13.1. The van der Waals surface area contributed by atoms with E-state index >= 15 is 0 Å². The minimum absolute atomic E-state index is 0.488. The molecule has 18 heavy (non-hydrogen) atoms. The first kappa shape index (κ1) is 11.7. The van der Waals surface area contributed by atoms with Gasteiger partial charge in [-0.2, -0.15) is 5.10 Å². The lowest BCUT2D eigenvalue weighted by molar-refractivity contribution is 0.213. The van der Waals surface area contributed by atoms with Crippen LogP contribution in [0.3, 0.4) is 0 Å². The Morgan fingerprint density at radius 2 is 2.17 bits per heavy atom. The average Bonchev–Trinajstić information content (AvgIpc) is 2.92. The van der Waals surface area contributed by atoms with Crippen molar-refractivity contribution in [3.05, 3.63) is 52.1 Å². The molecule has 0 saturated heterocycles. The third kappa shape index (κ3) is 1.82. The predicted molar refractivity (Wildman–Crippen MR) is 74.1 cm³/mol. The summed E-state index contributed by atoms with van der Waals surface area (Å²) in [5.41, 5.74) is 0.628. The largest absolute Gasteiger partial charge is 0.381 e. The molecule has 0 bridgehead atoms. The molecule has 1 atom stereocenters. The van der Waals surface area contributed by atoms with Crippen molar-refractivity contribution in [3.63, 3.8) is 0 Å². The van der Waals surface area contributed by atoms with E-state index < -0.39 is 6.10 Å². The Labute approximate surface area is 113 Å². The minimum atomic E-state index is -0.734. The van der Waals surface area contributed by atoms with Crippen molar-refractivity contribution in [2.24, 2.45) is 7.05 Å². The van der Waals surface area contributed by atoms with Gasteiger partial charge in [0.05, 0.1) is 16.9 Å². The van der Waals surface area contributed by atoms with E-state index in [1.165, 1.54) is 0 Å². The van der Waals surface area contributed by atoms with Crippen molar-refractivity contribution in [2.75, 3.05) is 0 Å². The molecule has 2 heterocycles. The van der Waals surface area contributed by atoms with Crippen LogP contribution >= 0.6 is 22.9 Å². The van der Waals surface area contributed by atoms with Gasteiger partial charge in [-0.1, -0.05) is 29.8 Å². The minimum Gasteiger partial charge on any atom is -0.381 e. The molecule has 0 aliphatic carbocycles. The number of fused-ring (bicyclic) bond motifs is 1. The molecule has 0 amide bonds. The number of aliphatic hydroxyl groups is 1. The van der Waals surface area contributed by atoms with Crippen LogP contribution < -0.4 is 0 Å². The number of benzene rings is 1. The van der Waals surface area contributed by atoms with Gasteiger partial charge in [0.1, 0.15) is 6.10 Å². The lowest BCUT2D eigenvalue weighted by atomic mass is 10.2. The van der Waals surface area contributed by atoms with Crippen molar-refractivity contribution >= 4 is 33.0 Å². The van der Waals surface area contributed by atoms with Crippen LogP contribution in [0.4, 0.5) is 0 Å². The molecule has 2 aromatic heterocycles. The Morgan fingerprint density at radius 1 is 1.39 bits per heavy atom. The van der Waals surface area contributed by atoms with Gasteiger partial charge in [0, 0.05) is 16.6 Å². The van der Waals surface area contributed by atoms with Crippen LogP contribution in [0.2, 0.25) is 5.02 Å². The molecule has 0 fully saturated rings. The molecular formula is C13H11ClN2OS. The summed E-state index contributed by atoms with van der Waals surface area (Å²) in [6.07, 6.45) is 0.815. The van der Waals surface area contributed by atoms with Gasteiger partial charge in [0.2, 0.25) is 0 Å². The van der Waals surface area contributed by atoms with Crippen molar-refractivity contribution < 1.29 is 5.11 Å². The summed E-state index contributed by atoms with van der Waals surface area (Å²) < 4.78 is 2.77. The quantitative estimate of drug-likeness (QED) is 0.780. The number of nitrogens with zero attached hydrogens (tertiary/aromatic N) is 2. The third-order valence-electron chi connectivity index (χ3n) is 2.91. The van der Waals surface area contributed by atoms with E-state index in [1.54, 1.807) is 29.3 Å². The van der Waals surface area contributed by atoms with Crippen LogP contribution in [0.5, 0.6) is 0 Å². The Balaban J connectivity index is 2.09. The molecule has 1 unspecified atom stereocenters. The number of aryl methyl sites for hydroxylation is 1. The van der Waals surface area contributed by atoms with Crippen LogP contribution in [0.1, 0.15) is 16.7 Å². The van der Waals surface area contributed by atoms with Gasteiger partial charge >= 0.3 is 0 Å². The maximum atomic E-state index is 10.4. The molecule has 3 aromatic rings. The van der Waals surface area contributed by atoms with Gasteiger partial charge in [-0.15, -0.1) is 11.3 Å². The van der Waals surface area contributed by atoms with Crippen LogP contribution in [0.15, 0.2) is 36.5 Å². The monoisotopic (exact) mass is 278 g/mol. The molecule has 3 nitrogen and oxygen atoms in total. The summed E-state index contributed by atoms with van der Waals surface area (Å²) in [5, 5.41) is 16.1. The molecule has 0 aliphatic rings. The second kappa shape index (κ2) is 4.39. The second-order valence-corrected chi connectivity index (χ2v) is 5.61. The summed E-state index contributed by atoms with van der Waals surface area (Å²) in [6.45, 7) is 0. The Hall–Kier alpha value is -1.36. The van der Waals surface area contributed by atoms with Gasteiger partial charge in [0.15, 0.2) is 0 Å². The molecular weight excluding hydrogens is 268 g/mol. The van der Waals surface area contributed by atoms with Crippen molar-refractivity contribution in [1.82, 2.24) is 9.78 Å². The number of aliphatic hydroxyl groups excluding tert-OH is 1. The maximum absolute atomic E-state index is 10.4. The number of halogens is 1. The standard InChI is InChI=1S/C13H11ClN2OS/c1-16-12(9(14)7-15-16)13(17)11-6-8-4-2-3-5-10(8)18-11/h2-7,13,17H,1H3. The van der Waals surface area contributed by atoms with E-state index in [9.17, 15) is 5.11 Å². The average molecular weight is 279 g/mol. The van der Waals surface area contributed by atoms with Crippen LogP contribution in [0.25, 0.3) is 10.1 Å². The summed E-state index contributed by atoms with van der Waals surface area (Å²) in [4.78, 5) is 0.877. The number of thiophene rings is 1. The van der Waals surface area contributed by atoms with E-state index in [1.807, 2.05) is 30.3 Å². The summed E-state index contributed by atoms with van der Waals surface area (Å²) in [5.74, 6) is 0. The van der Waals surface area contributed by atoms with E-state index in [0.29, 0.717) is 10.7 Å². The molecule has 0 radical (unpaired) electrons. The predicted octanol–water partition coefficient (Wildman–Crippen LogP) is 3.37. The summed E-state index contributed by atoms with van der Waals surface area (Å²) >= 11 is 7.62. The molecule has 0 aliphatic heterocycles. The summed E-state index contributed by atoms with van der Waals surface area (Å²) in [7, 11) is 1.78. The Bertz CT molecular complexity index is 651. The molecule has 1 aromatic carbocycles. The zero-order chi connectivity index (χ0) is 12.7. The maximum Gasteiger partial charge on any atom is 0.131 e. The van der Waals surface area contributed by atoms with Crippen LogP contribution in [0, 0.1) is 0 Å². The first-order valence-electron chi connectivity index (χ1n) is 5.51. The highest BCUT2D eigenvalue weighted by molar-refractivity contribution is 7.19. The van der Waals surface area contributed by atoms with Crippen molar-refractivity contribution in [3.8, 4) is 0 Å². The molecule has 5 heteroatoms. The second-order valence-electron chi connectivity index (χ2n) is 4.09. The highest BCUT2D eigenvalue weighted by Gasteiger charge is 2.20. The molecule has 92 valence electrons. The summed E-state index contributed by atoms with van der Waals surface area (Å²) in [6, 6.07) is 10.1.